The van der Waals surface area contributed by atoms with Gasteiger partial charge >= 0.3 is 0 Å². The molecule has 0 bridgehead atoms. The minimum absolute atomic E-state index is 0.132. The number of rotatable bonds is 7. The Morgan fingerprint density at radius 1 is 1.44 bits per heavy atom. The van der Waals surface area contributed by atoms with Crippen molar-refractivity contribution in [2.24, 2.45) is 5.73 Å². The van der Waals surface area contributed by atoms with E-state index in [4.69, 9.17) is 10.5 Å². The van der Waals surface area contributed by atoms with Gasteiger partial charge in [0.2, 0.25) is 0 Å². The van der Waals surface area contributed by atoms with E-state index in [2.05, 4.69) is 0 Å². The second-order valence-electron chi connectivity index (χ2n) is 5.37. The maximum Gasteiger partial charge on any atom is 0.254 e. The average molecular weight is 256 g/mol. The molecule has 1 saturated carbocycles. The number of carbonyl (C=O) groups is 1. The van der Waals surface area contributed by atoms with Crippen molar-refractivity contribution in [1.82, 2.24) is 4.90 Å². The zero-order valence-electron chi connectivity index (χ0n) is 12.1. The highest BCUT2D eigenvalue weighted by atomic mass is 16.5. The van der Waals surface area contributed by atoms with Gasteiger partial charge in [-0.3, -0.25) is 4.79 Å². The molecular weight excluding hydrogens is 228 g/mol. The first-order valence-corrected chi connectivity index (χ1v) is 7.15. The van der Waals surface area contributed by atoms with Gasteiger partial charge in [-0.1, -0.05) is 19.8 Å². The van der Waals surface area contributed by atoms with Crippen LogP contribution in [-0.2, 0) is 9.53 Å². The van der Waals surface area contributed by atoms with Gasteiger partial charge in [0.1, 0.15) is 5.60 Å². The molecule has 0 aromatic heterocycles. The first-order chi connectivity index (χ1) is 8.59. The molecule has 1 aliphatic rings. The van der Waals surface area contributed by atoms with Crippen LogP contribution in [0.25, 0.3) is 0 Å². The number of ether oxygens (including phenoxy) is 1. The molecular formula is C14H28N2O2. The molecule has 0 saturated heterocycles. The van der Waals surface area contributed by atoms with Gasteiger partial charge < -0.3 is 15.4 Å². The fraction of sp³-hybridized carbons (Fsp3) is 0.929. The Morgan fingerprint density at radius 2 is 2.06 bits per heavy atom. The van der Waals surface area contributed by atoms with Crippen molar-refractivity contribution in [2.45, 2.75) is 64.0 Å². The van der Waals surface area contributed by atoms with Gasteiger partial charge in [0.05, 0.1) is 0 Å². The Morgan fingerprint density at radius 3 is 2.50 bits per heavy atom. The van der Waals surface area contributed by atoms with Crippen LogP contribution >= 0.6 is 0 Å². The molecule has 18 heavy (non-hydrogen) atoms. The van der Waals surface area contributed by atoms with Gasteiger partial charge in [0.25, 0.3) is 5.91 Å². The third-order valence-corrected chi connectivity index (χ3v) is 4.21. The number of carbonyl (C=O) groups excluding carboxylic acids is 1. The summed E-state index contributed by atoms with van der Waals surface area (Å²) in [5, 5.41) is 0. The third-order valence-electron chi connectivity index (χ3n) is 4.21. The van der Waals surface area contributed by atoms with Crippen LogP contribution in [0.5, 0.6) is 0 Å². The van der Waals surface area contributed by atoms with Gasteiger partial charge in [-0.05, 0) is 39.2 Å². The van der Waals surface area contributed by atoms with E-state index in [0.29, 0.717) is 19.0 Å². The summed E-state index contributed by atoms with van der Waals surface area (Å²) in [7, 11) is 1.62. The number of amides is 1. The highest BCUT2D eigenvalue weighted by Gasteiger charge is 2.38. The van der Waals surface area contributed by atoms with Crippen molar-refractivity contribution in [3.8, 4) is 0 Å². The van der Waals surface area contributed by atoms with Crippen LogP contribution < -0.4 is 5.73 Å². The van der Waals surface area contributed by atoms with E-state index in [0.717, 1.165) is 25.8 Å². The zero-order chi connectivity index (χ0) is 13.6. The molecule has 1 amide bonds. The van der Waals surface area contributed by atoms with E-state index >= 15 is 0 Å². The van der Waals surface area contributed by atoms with E-state index in [1.807, 2.05) is 18.7 Å². The molecule has 106 valence electrons. The van der Waals surface area contributed by atoms with Gasteiger partial charge in [0.15, 0.2) is 0 Å². The van der Waals surface area contributed by atoms with Gasteiger partial charge in [-0.15, -0.1) is 0 Å². The Balaban J connectivity index is 2.77. The fourth-order valence-electron chi connectivity index (χ4n) is 2.61. The maximum absolute atomic E-state index is 12.7. The van der Waals surface area contributed by atoms with Crippen LogP contribution in [-0.4, -0.2) is 42.6 Å². The molecule has 1 fully saturated rings. The molecule has 0 aromatic rings. The molecule has 1 aliphatic carbocycles. The highest BCUT2D eigenvalue weighted by Crippen LogP contribution is 2.27. The number of nitrogens with zero attached hydrogens (tertiary/aromatic N) is 1. The van der Waals surface area contributed by atoms with Crippen molar-refractivity contribution in [3.05, 3.63) is 0 Å². The molecule has 1 rings (SSSR count). The summed E-state index contributed by atoms with van der Waals surface area (Å²) in [5.74, 6) is 0.132. The summed E-state index contributed by atoms with van der Waals surface area (Å²) < 4.78 is 5.45. The quantitative estimate of drug-likeness (QED) is 0.757. The molecule has 2 N–H and O–H groups in total. The Bertz CT molecular complexity index is 259. The third kappa shape index (κ3) is 3.45. The first kappa shape index (κ1) is 15.4. The lowest BCUT2D eigenvalue weighted by atomic mass is 9.99. The van der Waals surface area contributed by atoms with Crippen molar-refractivity contribution in [3.63, 3.8) is 0 Å². The highest BCUT2D eigenvalue weighted by molar-refractivity contribution is 5.85. The predicted molar refractivity (Wildman–Crippen MR) is 73.3 cm³/mol. The van der Waals surface area contributed by atoms with Crippen LogP contribution in [0.2, 0.25) is 0 Å². The van der Waals surface area contributed by atoms with E-state index in [1.165, 1.54) is 12.8 Å². The molecule has 0 heterocycles. The minimum Gasteiger partial charge on any atom is -0.369 e. The van der Waals surface area contributed by atoms with E-state index < -0.39 is 5.60 Å². The lowest BCUT2D eigenvalue weighted by Gasteiger charge is -2.36. The molecule has 1 unspecified atom stereocenters. The molecule has 0 aromatic carbocycles. The molecule has 0 radical (unpaired) electrons. The Kier molecular flexibility index (Phi) is 6.09. The summed E-state index contributed by atoms with van der Waals surface area (Å²) >= 11 is 0. The number of hydrogen-bond acceptors (Lipinski definition) is 3. The molecule has 0 aliphatic heterocycles. The van der Waals surface area contributed by atoms with Crippen LogP contribution in [0.1, 0.15) is 52.4 Å². The van der Waals surface area contributed by atoms with Gasteiger partial charge in [0, 0.05) is 19.7 Å². The summed E-state index contributed by atoms with van der Waals surface area (Å²) in [5.41, 5.74) is 4.90. The van der Waals surface area contributed by atoms with Crippen molar-refractivity contribution < 1.29 is 9.53 Å². The average Bonchev–Trinajstić information content (AvgIpc) is 2.92. The van der Waals surface area contributed by atoms with Crippen molar-refractivity contribution >= 4 is 5.91 Å². The molecule has 0 spiro atoms. The Hall–Kier alpha value is -0.610. The first-order valence-electron chi connectivity index (χ1n) is 7.15. The summed E-state index contributed by atoms with van der Waals surface area (Å²) in [6.07, 6.45) is 6.28. The normalized spacial score (nSPS) is 19.8. The number of methoxy groups -OCH3 is 1. The molecule has 4 heteroatoms. The monoisotopic (exact) mass is 256 g/mol. The molecule has 1 atom stereocenters. The largest absolute Gasteiger partial charge is 0.369 e. The minimum atomic E-state index is -0.683. The Labute approximate surface area is 111 Å². The topological polar surface area (TPSA) is 55.6 Å². The van der Waals surface area contributed by atoms with Crippen molar-refractivity contribution in [1.29, 1.82) is 0 Å². The van der Waals surface area contributed by atoms with Gasteiger partial charge in [-0.2, -0.15) is 0 Å². The zero-order valence-corrected chi connectivity index (χ0v) is 12.1. The van der Waals surface area contributed by atoms with Crippen molar-refractivity contribution in [2.75, 3.05) is 20.2 Å². The maximum atomic E-state index is 12.7. The predicted octanol–water partition coefficient (Wildman–Crippen LogP) is 1.92. The SMILES string of the molecule is CCC(C)(OC)C(=O)N(CCCN)C1CCCC1. The summed E-state index contributed by atoms with van der Waals surface area (Å²) in [6, 6.07) is 0.394. The van der Waals surface area contributed by atoms with E-state index in [-0.39, 0.29) is 5.91 Å². The number of nitrogens with two attached hydrogens (primary N) is 1. The van der Waals surface area contributed by atoms with Crippen LogP contribution in [0.3, 0.4) is 0 Å². The van der Waals surface area contributed by atoms with Crippen LogP contribution in [0, 0.1) is 0 Å². The van der Waals surface area contributed by atoms with Crippen LogP contribution in [0.4, 0.5) is 0 Å². The summed E-state index contributed by atoms with van der Waals surface area (Å²) in [4.78, 5) is 14.7. The van der Waals surface area contributed by atoms with E-state index in [1.54, 1.807) is 7.11 Å². The second-order valence-corrected chi connectivity index (χ2v) is 5.37. The fourth-order valence-corrected chi connectivity index (χ4v) is 2.61. The van der Waals surface area contributed by atoms with Gasteiger partial charge in [-0.25, -0.2) is 0 Å². The smallest absolute Gasteiger partial charge is 0.254 e. The summed E-state index contributed by atoms with van der Waals surface area (Å²) in [6.45, 7) is 5.28. The lowest BCUT2D eigenvalue weighted by molar-refractivity contribution is -0.155. The standard InChI is InChI=1S/C14H28N2O2/c1-4-14(2,18-3)13(17)16(11-7-10-15)12-8-5-6-9-12/h12H,4-11,15H2,1-3H3. The lowest BCUT2D eigenvalue weighted by Crippen LogP contribution is -2.52. The number of hydrogen-bond donors (Lipinski definition) is 1. The molecule has 4 nitrogen and oxygen atoms in total. The second kappa shape index (κ2) is 7.10. The van der Waals surface area contributed by atoms with E-state index in [9.17, 15) is 4.79 Å². The van der Waals surface area contributed by atoms with Crippen LogP contribution in [0.15, 0.2) is 0 Å².